The highest BCUT2D eigenvalue weighted by Crippen LogP contribution is 2.29. The number of nitrogens with one attached hydrogen (secondary N) is 1. The molecule has 1 aliphatic rings. The van der Waals surface area contributed by atoms with Crippen LogP contribution in [0, 0.1) is 5.92 Å². The largest absolute Gasteiger partial charge is 0.507 e. The molecule has 0 bridgehead atoms. The van der Waals surface area contributed by atoms with Gasteiger partial charge in [0, 0.05) is 37.3 Å². The van der Waals surface area contributed by atoms with E-state index >= 15 is 0 Å². The van der Waals surface area contributed by atoms with E-state index in [4.69, 9.17) is 7.85 Å². The number of nitrogens with zero attached hydrogens (tertiary/aromatic N) is 4. The van der Waals surface area contributed by atoms with Gasteiger partial charge < -0.3 is 15.3 Å². The highest BCUT2D eigenvalue weighted by atomic mass is 19.1. The van der Waals surface area contributed by atoms with Gasteiger partial charge >= 0.3 is 0 Å². The lowest BCUT2D eigenvalue weighted by atomic mass is 9.87. The number of alkyl halides is 1. The number of phenols is 1. The minimum absolute atomic E-state index is 0.0996. The Kier molecular flexibility index (Phi) is 7.47. The van der Waals surface area contributed by atoms with Gasteiger partial charge in [0.2, 0.25) is 5.91 Å². The molecule has 3 aromatic rings. The van der Waals surface area contributed by atoms with Gasteiger partial charge in [0.1, 0.15) is 19.4 Å². The summed E-state index contributed by atoms with van der Waals surface area (Å²) >= 11 is 0. The molecule has 1 aliphatic carbocycles. The summed E-state index contributed by atoms with van der Waals surface area (Å²) in [6, 6.07) is 8.74. The molecule has 2 aromatic heterocycles. The molecule has 0 spiro atoms. The number of aromatic hydroxyl groups is 1. The van der Waals surface area contributed by atoms with E-state index in [1.165, 1.54) is 30.4 Å². The van der Waals surface area contributed by atoms with E-state index in [0.29, 0.717) is 60.0 Å². The van der Waals surface area contributed by atoms with E-state index in [1.54, 1.807) is 28.8 Å². The predicted molar refractivity (Wildman–Crippen MR) is 127 cm³/mol. The second-order valence-corrected chi connectivity index (χ2v) is 8.64. The number of rotatable bonds is 9. The third-order valence-corrected chi connectivity index (χ3v) is 6.28. The normalized spacial score (nSPS) is 14.5. The minimum Gasteiger partial charge on any atom is -0.507 e. The molecule has 1 fully saturated rings. The van der Waals surface area contributed by atoms with E-state index in [1.807, 2.05) is 6.07 Å². The quantitative estimate of drug-likeness (QED) is 0.297. The van der Waals surface area contributed by atoms with Gasteiger partial charge in [-0.2, -0.15) is 9.61 Å². The predicted octanol–water partition coefficient (Wildman–Crippen LogP) is 3.42. The monoisotopic (exact) mass is 449 g/mol. The molecule has 2 radical (unpaired) electrons. The van der Waals surface area contributed by atoms with Crippen LogP contribution in [0.2, 0.25) is 0 Å². The number of anilines is 1. The van der Waals surface area contributed by atoms with Crippen LogP contribution in [0.15, 0.2) is 36.5 Å². The second-order valence-electron chi connectivity index (χ2n) is 8.64. The van der Waals surface area contributed by atoms with Crippen molar-refractivity contribution in [3.05, 3.63) is 36.5 Å². The number of hydrogen-bond acceptors (Lipinski definition) is 5. The van der Waals surface area contributed by atoms with Crippen molar-refractivity contribution in [2.45, 2.75) is 44.9 Å². The average Bonchev–Trinajstić information content (AvgIpc) is 3.20. The summed E-state index contributed by atoms with van der Waals surface area (Å²) in [4.78, 5) is 18.4. The van der Waals surface area contributed by atoms with Crippen molar-refractivity contribution in [1.29, 1.82) is 0 Å². The van der Waals surface area contributed by atoms with Gasteiger partial charge in [-0.1, -0.05) is 31.4 Å². The number of amides is 1. The average molecular weight is 449 g/mol. The Hall–Kier alpha value is -3.10. The molecule has 9 heteroatoms. The Bertz CT molecular complexity index is 1100. The summed E-state index contributed by atoms with van der Waals surface area (Å²) in [7, 11) is 6.03. The van der Waals surface area contributed by atoms with Gasteiger partial charge in [-0.15, -0.1) is 0 Å². The molecule has 0 atom stereocenters. The molecule has 0 unspecified atom stereocenters. The van der Waals surface area contributed by atoms with E-state index in [-0.39, 0.29) is 11.7 Å². The van der Waals surface area contributed by atoms with Gasteiger partial charge in [0.25, 0.3) is 0 Å². The molecular formula is C24H29BFN5O2. The molecule has 1 amide bonds. The van der Waals surface area contributed by atoms with Crippen LogP contribution in [0.3, 0.4) is 0 Å². The van der Waals surface area contributed by atoms with Crippen LogP contribution in [0.5, 0.6) is 5.75 Å². The lowest BCUT2D eigenvalue weighted by molar-refractivity contribution is -0.134. The maximum Gasteiger partial charge on any atom is 0.224 e. The zero-order valence-corrected chi connectivity index (χ0v) is 18.7. The third-order valence-electron chi connectivity index (χ3n) is 6.28. The zero-order chi connectivity index (χ0) is 23.2. The fourth-order valence-electron chi connectivity index (χ4n) is 4.44. The van der Waals surface area contributed by atoms with E-state index in [9.17, 15) is 14.3 Å². The van der Waals surface area contributed by atoms with Crippen LogP contribution in [-0.4, -0.2) is 58.2 Å². The van der Waals surface area contributed by atoms with Crippen molar-refractivity contribution in [2.24, 2.45) is 5.92 Å². The molecule has 2 N–H and O–H groups in total. The summed E-state index contributed by atoms with van der Waals surface area (Å²) < 4.78 is 15.1. The Morgan fingerprint density at radius 1 is 1.27 bits per heavy atom. The fraction of sp³-hybridized carbons (Fsp3) is 0.458. The highest BCUT2D eigenvalue weighted by Gasteiger charge is 2.21. The topological polar surface area (TPSA) is 82.8 Å². The van der Waals surface area contributed by atoms with Crippen LogP contribution in [0.4, 0.5) is 10.2 Å². The summed E-state index contributed by atoms with van der Waals surface area (Å²) in [5.41, 5.74) is 2.04. The number of hydrogen-bond donors (Lipinski definition) is 2. The number of carbonyl (C=O) groups is 1. The van der Waals surface area contributed by atoms with Gasteiger partial charge in [-0.3, -0.25) is 4.79 Å². The van der Waals surface area contributed by atoms with Gasteiger partial charge in [0.15, 0.2) is 12.4 Å². The van der Waals surface area contributed by atoms with Crippen molar-refractivity contribution in [2.75, 3.05) is 25.2 Å². The summed E-state index contributed by atoms with van der Waals surface area (Å²) in [5, 5.41) is 17.8. The molecule has 33 heavy (non-hydrogen) atoms. The number of para-hydroxylation sites is 1. The molecule has 0 aliphatic heterocycles. The Labute approximate surface area is 194 Å². The second kappa shape index (κ2) is 10.7. The number of halogens is 1. The SMILES string of the molecule is [B]c1cnn2c(NCCCN(CF)C(=O)CC3CCCCC3)cc(-c3ccccc3O)nc12. The summed E-state index contributed by atoms with van der Waals surface area (Å²) in [6.07, 6.45) is 8.24. The maximum atomic E-state index is 13.5. The first-order valence-corrected chi connectivity index (χ1v) is 11.6. The lowest BCUT2D eigenvalue weighted by Gasteiger charge is -2.25. The van der Waals surface area contributed by atoms with Gasteiger partial charge in [-0.05, 0) is 42.8 Å². The third kappa shape index (κ3) is 5.46. The number of phenolic OH excluding ortho intramolecular Hbond substituents is 1. The van der Waals surface area contributed by atoms with Crippen LogP contribution >= 0.6 is 0 Å². The van der Waals surface area contributed by atoms with Crippen LogP contribution in [0.25, 0.3) is 16.9 Å². The van der Waals surface area contributed by atoms with Crippen molar-refractivity contribution >= 4 is 30.7 Å². The Balaban J connectivity index is 1.40. The molecule has 1 aromatic carbocycles. The number of fused-ring (bicyclic) bond motifs is 1. The van der Waals surface area contributed by atoms with Crippen LogP contribution < -0.4 is 10.8 Å². The molecular weight excluding hydrogens is 420 g/mol. The summed E-state index contributed by atoms with van der Waals surface area (Å²) in [5.74, 6) is 1.06. The number of carbonyl (C=O) groups excluding carboxylic acids is 1. The Morgan fingerprint density at radius 3 is 2.82 bits per heavy atom. The fourth-order valence-corrected chi connectivity index (χ4v) is 4.44. The van der Waals surface area contributed by atoms with Crippen molar-refractivity contribution in [3.8, 4) is 17.0 Å². The van der Waals surface area contributed by atoms with Crippen LogP contribution in [0.1, 0.15) is 44.9 Å². The van der Waals surface area contributed by atoms with Crippen molar-refractivity contribution in [3.63, 3.8) is 0 Å². The number of benzene rings is 1. The minimum atomic E-state index is -0.766. The lowest BCUT2D eigenvalue weighted by Crippen LogP contribution is -2.33. The first-order chi connectivity index (χ1) is 16.1. The molecule has 2 heterocycles. The standard InChI is InChI=1S/C24H29BFN5O2/c25-19-15-28-31-22(14-20(29-24(19)31)18-9-4-5-10-21(18)32)27-11-6-12-30(16-26)23(33)13-17-7-2-1-3-8-17/h4-5,9-10,14-15,17,27,32H,1-3,6-8,11-13,16H2. The maximum absolute atomic E-state index is 13.5. The Morgan fingerprint density at radius 2 is 2.06 bits per heavy atom. The first kappa shape index (κ1) is 23.1. The van der Waals surface area contributed by atoms with E-state index < -0.39 is 6.80 Å². The molecule has 0 saturated heterocycles. The zero-order valence-electron chi connectivity index (χ0n) is 18.7. The van der Waals surface area contributed by atoms with Gasteiger partial charge in [-0.25, -0.2) is 9.37 Å². The van der Waals surface area contributed by atoms with Crippen LogP contribution in [-0.2, 0) is 4.79 Å². The molecule has 7 nitrogen and oxygen atoms in total. The summed E-state index contributed by atoms with van der Waals surface area (Å²) in [6.45, 7) is 0.0847. The van der Waals surface area contributed by atoms with Crippen molar-refractivity contribution < 1.29 is 14.3 Å². The molecule has 4 rings (SSSR count). The van der Waals surface area contributed by atoms with E-state index in [0.717, 1.165) is 12.8 Å². The first-order valence-electron chi connectivity index (χ1n) is 11.6. The number of aromatic nitrogens is 3. The molecule has 172 valence electrons. The highest BCUT2D eigenvalue weighted by molar-refractivity contribution is 6.36. The van der Waals surface area contributed by atoms with Gasteiger partial charge in [0.05, 0.1) is 5.69 Å². The molecule has 1 saturated carbocycles. The van der Waals surface area contributed by atoms with Crippen molar-refractivity contribution in [1.82, 2.24) is 19.5 Å². The van der Waals surface area contributed by atoms with E-state index in [2.05, 4.69) is 15.4 Å². The smallest absolute Gasteiger partial charge is 0.224 e.